The lowest BCUT2D eigenvalue weighted by Crippen LogP contribution is -2.40. The van der Waals surface area contributed by atoms with E-state index in [0.717, 1.165) is 0 Å². The van der Waals surface area contributed by atoms with Crippen LogP contribution in [0, 0.1) is 0 Å². The average Bonchev–Trinajstić information content (AvgIpc) is 2.91. The topological polar surface area (TPSA) is 75.6 Å². The Hall–Kier alpha value is -0.280. The summed E-state index contributed by atoms with van der Waals surface area (Å²) in [7, 11) is 0. The minimum absolute atomic E-state index is 0.251. The molecule has 1 unspecified atom stereocenters. The van der Waals surface area contributed by atoms with Gasteiger partial charge in [-0.3, -0.25) is 0 Å². The van der Waals surface area contributed by atoms with Crippen molar-refractivity contribution in [2.45, 2.75) is 90.4 Å². The number of hydrogen-bond acceptors (Lipinski definition) is 7. The van der Waals surface area contributed by atoms with Crippen LogP contribution in [-0.2, 0) is 28.4 Å². The second-order valence-corrected chi connectivity index (χ2v) is 6.90. The van der Waals surface area contributed by atoms with E-state index >= 15 is 0 Å². The number of rotatable bonds is 7. The van der Waals surface area contributed by atoms with Gasteiger partial charge in [-0.25, -0.2) is 0 Å². The standard InChI is InChI=1S/C16H30O7/c1-7-18-10(2)20-11-8-13(23-15(3,4)17)21-14(11)12-9-19-16(5,6)22-12/h10-14,17H,7-9H2,1-6H3/t10?,11-,12+,13-,14+/m1/s1. The van der Waals surface area contributed by atoms with Gasteiger partial charge >= 0.3 is 0 Å². The zero-order chi connectivity index (χ0) is 17.3. The van der Waals surface area contributed by atoms with Gasteiger partial charge in [-0.1, -0.05) is 0 Å². The van der Waals surface area contributed by atoms with Gasteiger partial charge in [0.15, 0.2) is 24.2 Å². The van der Waals surface area contributed by atoms with Gasteiger partial charge in [-0.2, -0.15) is 0 Å². The van der Waals surface area contributed by atoms with Crippen LogP contribution < -0.4 is 0 Å². The SMILES string of the molecule is CCOC(C)O[C@@H]1C[C@@H](OC(C)(C)O)O[C@@H]1[C@@H]1COC(C)(C)O1. The molecule has 1 N–H and O–H groups in total. The highest BCUT2D eigenvalue weighted by molar-refractivity contribution is 4.90. The molecule has 2 fully saturated rings. The zero-order valence-electron chi connectivity index (χ0n) is 14.9. The summed E-state index contributed by atoms with van der Waals surface area (Å²) in [6.45, 7) is 11.6. The lowest BCUT2D eigenvalue weighted by molar-refractivity contribution is -0.275. The third-order valence-electron chi connectivity index (χ3n) is 3.68. The van der Waals surface area contributed by atoms with Crippen molar-refractivity contribution in [2.75, 3.05) is 13.2 Å². The van der Waals surface area contributed by atoms with Crippen LogP contribution in [0.2, 0.25) is 0 Å². The molecular weight excluding hydrogens is 304 g/mol. The van der Waals surface area contributed by atoms with Crippen molar-refractivity contribution in [1.82, 2.24) is 0 Å². The summed E-state index contributed by atoms with van der Waals surface area (Å²) in [5.74, 6) is -1.92. The number of hydrogen-bond donors (Lipinski definition) is 1. The van der Waals surface area contributed by atoms with Gasteiger partial charge in [-0.05, 0) is 41.5 Å². The molecule has 2 saturated heterocycles. The van der Waals surface area contributed by atoms with Crippen LogP contribution in [0.3, 0.4) is 0 Å². The molecule has 5 atom stereocenters. The molecule has 0 aromatic rings. The maximum absolute atomic E-state index is 9.84. The van der Waals surface area contributed by atoms with Crippen LogP contribution in [0.1, 0.15) is 48.0 Å². The maximum Gasteiger partial charge on any atom is 0.164 e. The van der Waals surface area contributed by atoms with Crippen molar-refractivity contribution in [1.29, 1.82) is 0 Å². The molecule has 2 heterocycles. The molecule has 0 saturated carbocycles. The van der Waals surface area contributed by atoms with Gasteiger partial charge in [0.1, 0.15) is 12.2 Å². The molecule has 7 heteroatoms. The van der Waals surface area contributed by atoms with E-state index in [1.165, 1.54) is 0 Å². The van der Waals surface area contributed by atoms with Crippen LogP contribution in [0.25, 0.3) is 0 Å². The second-order valence-electron chi connectivity index (χ2n) is 6.90. The Morgan fingerprint density at radius 2 is 2.04 bits per heavy atom. The first kappa shape index (κ1) is 19.1. The van der Waals surface area contributed by atoms with Gasteiger partial charge in [-0.15, -0.1) is 0 Å². The molecule has 0 aromatic heterocycles. The van der Waals surface area contributed by atoms with Crippen LogP contribution in [0.15, 0.2) is 0 Å². The van der Waals surface area contributed by atoms with Crippen molar-refractivity contribution in [3.05, 3.63) is 0 Å². The first-order valence-corrected chi connectivity index (χ1v) is 8.24. The molecule has 2 aliphatic rings. The van der Waals surface area contributed by atoms with Gasteiger partial charge in [0.25, 0.3) is 0 Å². The Morgan fingerprint density at radius 1 is 1.35 bits per heavy atom. The Kier molecular flexibility index (Phi) is 6.05. The quantitative estimate of drug-likeness (QED) is 0.711. The lowest BCUT2D eigenvalue weighted by atomic mass is 10.1. The fraction of sp³-hybridized carbons (Fsp3) is 1.00. The Labute approximate surface area is 138 Å². The molecule has 0 aliphatic carbocycles. The molecule has 0 amide bonds. The monoisotopic (exact) mass is 334 g/mol. The first-order valence-electron chi connectivity index (χ1n) is 8.24. The number of ether oxygens (including phenoxy) is 6. The fourth-order valence-corrected chi connectivity index (χ4v) is 2.90. The minimum Gasteiger partial charge on any atom is -0.366 e. The van der Waals surface area contributed by atoms with Crippen LogP contribution >= 0.6 is 0 Å². The van der Waals surface area contributed by atoms with Crippen molar-refractivity contribution < 1.29 is 33.5 Å². The normalized spacial score (nSPS) is 35.6. The third kappa shape index (κ3) is 5.63. The summed E-state index contributed by atoms with van der Waals surface area (Å²) < 4.78 is 34.4. The molecule has 136 valence electrons. The molecule has 0 aromatic carbocycles. The van der Waals surface area contributed by atoms with E-state index in [0.29, 0.717) is 19.6 Å². The fourth-order valence-electron chi connectivity index (χ4n) is 2.90. The molecule has 0 spiro atoms. The Bertz CT molecular complexity index is 379. The average molecular weight is 334 g/mol. The largest absolute Gasteiger partial charge is 0.366 e. The predicted octanol–water partition coefficient (Wildman–Crippen LogP) is 1.77. The second kappa shape index (κ2) is 7.31. The molecule has 7 nitrogen and oxygen atoms in total. The molecule has 2 rings (SSSR count). The predicted molar refractivity (Wildman–Crippen MR) is 81.5 cm³/mol. The van der Waals surface area contributed by atoms with E-state index in [1.54, 1.807) is 13.8 Å². The van der Waals surface area contributed by atoms with Gasteiger partial charge in [0, 0.05) is 13.0 Å². The van der Waals surface area contributed by atoms with E-state index < -0.39 is 17.9 Å². The Morgan fingerprint density at radius 3 is 2.57 bits per heavy atom. The van der Waals surface area contributed by atoms with Crippen LogP contribution in [0.4, 0.5) is 0 Å². The first-order chi connectivity index (χ1) is 10.6. The zero-order valence-corrected chi connectivity index (χ0v) is 14.9. The highest BCUT2D eigenvalue weighted by Gasteiger charge is 2.48. The third-order valence-corrected chi connectivity index (χ3v) is 3.68. The summed E-state index contributed by atoms with van der Waals surface area (Å²) in [6, 6.07) is 0. The van der Waals surface area contributed by atoms with Crippen molar-refractivity contribution >= 4 is 0 Å². The summed E-state index contributed by atoms with van der Waals surface area (Å²) in [4.78, 5) is 0. The van der Waals surface area contributed by atoms with Crippen LogP contribution in [0.5, 0.6) is 0 Å². The van der Waals surface area contributed by atoms with Crippen molar-refractivity contribution in [3.63, 3.8) is 0 Å². The summed E-state index contributed by atoms with van der Waals surface area (Å²) in [6.07, 6.45) is -1.28. The van der Waals surface area contributed by atoms with E-state index in [1.807, 2.05) is 27.7 Å². The molecule has 2 aliphatic heterocycles. The van der Waals surface area contributed by atoms with E-state index in [-0.39, 0.29) is 24.6 Å². The smallest absolute Gasteiger partial charge is 0.164 e. The summed E-state index contributed by atoms with van der Waals surface area (Å²) >= 11 is 0. The Balaban J connectivity index is 2.02. The van der Waals surface area contributed by atoms with Crippen molar-refractivity contribution in [3.8, 4) is 0 Å². The molecule has 0 bridgehead atoms. The van der Waals surface area contributed by atoms with E-state index in [9.17, 15) is 5.11 Å². The minimum atomic E-state index is -1.28. The lowest BCUT2D eigenvalue weighted by Gasteiger charge is -2.27. The van der Waals surface area contributed by atoms with E-state index in [4.69, 9.17) is 28.4 Å². The van der Waals surface area contributed by atoms with Crippen LogP contribution in [-0.4, -0.2) is 60.8 Å². The molecule has 23 heavy (non-hydrogen) atoms. The molecule has 0 radical (unpaired) electrons. The maximum atomic E-state index is 9.84. The summed E-state index contributed by atoms with van der Waals surface area (Å²) in [5.41, 5.74) is 0. The van der Waals surface area contributed by atoms with Gasteiger partial charge in [0.05, 0.1) is 12.7 Å². The molecular formula is C16H30O7. The highest BCUT2D eigenvalue weighted by Crippen LogP contribution is 2.35. The van der Waals surface area contributed by atoms with Gasteiger partial charge < -0.3 is 33.5 Å². The number of aliphatic hydroxyl groups is 1. The summed E-state index contributed by atoms with van der Waals surface area (Å²) in [5, 5.41) is 9.84. The van der Waals surface area contributed by atoms with E-state index in [2.05, 4.69) is 0 Å². The van der Waals surface area contributed by atoms with Crippen molar-refractivity contribution in [2.24, 2.45) is 0 Å². The van der Waals surface area contributed by atoms with Gasteiger partial charge in [0.2, 0.25) is 0 Å². The highest BCUT2D eigenvalue weighted by atomic mass is 16.8.